The molecule has 10 rings (SSSR count). The lowest BCUT2D eigenvalue weighted by molar-refractivity contribution is -0.127. The number of fused-ring (bicyclic) bond motifs is 4. The summed E-state index contributed by atoms with van der Waals surface area (Å²) in [7, 11) is 0. The van der Waals surface area contributed by atoms with Crippen LogP contribution < -0.4 is 21.7 Å². The Labute approximate surface area is 491 Å². The molecule has 0 bridgehead atoms. The molecule has 16 nitrogen and oxygen atoms in total. The normalized spacial score (nSPS) is 17.3. The molecule has 6 aromatic heterocycles. The van der Waals surface area contributed by atoms with Crippen molar-refractivity contribution < 1.29 is 45.4 Å². The number of nitrogens with two attached hydrogens (primary N) is 1. The minimum Gasteiger partial charge on any atom is -0.443 e. The highest BCUT2D eigenvalue weighted by molar-refractivity contribution is 9.08. The fourth-order valence-corrected chi connectivity index (χ4v) is 12.0. The van der Waals surface area contributed by atoms with Crippen LogP contribution in [0.1, 0.15) is 112 Å². The van der Waals surface area contributed by atoms with Gasteiger partial charge in [-0.05, 0) is 140 Å². The average molecular weight is 1260 g/mol. The Morgan fingerprint density at radius 3 is 1.52 bits per heavy atom. The highest BCUT2D eigenvalue weighted by Crippen LogP contribution is 2.36. The number of aromatic nitrogens is 6. The number of nitriles is 2. The van der Waals surface area contributed by atoms with Crippen LogP contribution in [0.25, 0.3) is 42.2 Å². The van der Waals surface area contributed by atoms with Crippen molar-refractivity contribution in [3.05, 3.63) is 106 Å². The zero-order chi connectivity index (χ0) is 58.6. The topological polar surface area (TPSA) is 224 Å². The van der Waals surface area contributed by atoms with Crippen LogP contribution in [-0.4, -0.2) is 89.0 Å². The number of nitrogens with zero attached hydrogens (tertiary/aromatic N) is 8. The van der Waals surface area contributed by atoms with E-state index in [4.69, 9.17) is 15.2 Å². The maximum Gasteiger partial charge on any atom is 0.420 e. The Bertz CT molecular complexity index is 3670. The number of carbonyl (C=O) groups excluding carboxylic acids is 2. The number of hydrogen-bond acceptors (Lipinski definition) is 16. The van der Waals surface area contributed by atoms with Gasteiger partial charge in [0.05, 0.1) is 34.6 Å². The third kappa shape index (κ3) is 16.6. The standard InChI is InChI=1S/C28H29F3N6O2S.C15H15BrN2O2.C13H15F3N4S.ClH/c1-27(2,3)39-26(38)37-20(13-32)9-17-8-16(4-7-23(17)37)14-33-18-5-6-19(10-18)36-24-22-11-21(12-28(29,30)31)40-25(22)35-15-34-24;1-15(2,3)20-14(19)18-12(9-17)7-11-6-10(8-16)4-5-13(11)18;14-13(15,16)5-9-4-10-11(18-6-19-12(10)21-9)20-8-2-1-7(17)3-8;/h4,7-9,11,15,18-19,33H,5-6,10,12,14H2,1-3H3,(H,34,35,36);4-7H,8H2,1-3H3;4,6-8H,1-3,5,17H2,(H,18,19,20);1H/t18-,19-;;7-,8-;/m1.1./s1. The molecule has 82 heavy (non-hydrogen) atoms. The zero-order valence-electron chi connectivity index (χ0n) is 45.5. The van der Waals surface area contributed by atoms with Gasteiger partial charge in [-0.2, -0.15) is 36.9 Å². The van der Waals surface area contributed by atoms with Gasteiger partial charge in [-0.25, -0.2) is 38.7 Å². The van der Waals surface area contributed by atoms with E-state index in [0.717, 1.165) is 88.4 Å². The Morgan fingerprint density at radius 2 is 1.10 bits per heavy atom. The van der Waals surface area contributed by atoms with Gasteiger partial charge in [0.1, 0.15) is 68.7 Å². The van der Waals surface area contributed by atoms with E-state index in [-0.39, 0.29) is 57.7 Å². The van der Waals surface area contributed by atoms with E-state index in [1.807, 2.05) is 42.5 Å². The molecule has 0 aliphatic heterocycles. The van der Waals surface area contributed by atoms with Gasteiger partial charge in [-0.1, -0.05) is 28.1 Å². The van der Waals surface area contributed by atoms with E-state index in [9.17, 15) is 46.5 Å². The first kappa shape index (κ1) is 63.0. The van der Waals surface area contributed by atoms with Crippen LogP contribution in [0.15, 0.2) is 73.3 Å². The number of thiophene rings is 2. The third-order valence-electron chi connectivity index (χ3n) is 13.0. The summed E-state index contributed by atoms with van der Waals surface area (Å²) < 4.78 is 89.4. The SMILES string of the molecule is CC(C)(C)OC(=O)n1c(C#N)cc2cc(CBr)ccc21.CC(C)(C)OC(=O)n1c(C#N)cc2cc(CN[C@@H]3CC[C@@H](Nc4ncnc5sc(CC(F)(F)F)cc45)C3)ccc21.Cl.N[C@@H]1CC[C@@H](Nc2ncnc3sc(CC(F)(F)F)cc23)C1. The van der Waals surface area contributed by atoms with Gasteiger partial charge < -0.3 is 31.2 Å². The summed E-state index contributed by atoms with van der Waals surface area (Å²) in [4.78, 5) is 43.2. The second kappa shape index (κ2) is 25.9. The molecule has 5 N–H and O–H groups in total. The number of nitrogens with one attached hydrogen (secondary N) is 3. The summed E-state index contributed by atoms with van der Waals surface area (Å²) >= 11 is 5.49. The Kier molecular flexibility index (Phi) is 19.9. The lowest BCUT2D eigenvalue weighted by Crippen LogP contribution is -2.28. The second-order valence-corrected chi connectivity index (χ2v) is 24.7. The molecule has 436 valence electrons. The number of alkyl halides is 7. The number of hydrogen-bond donors (Lipinski definition) is 4. The maximum absolute atomic E-state index is 12.8. The van der Waals surface area contributed by atoms with Crippen LogP contribution in [0, 0.1) is 22.7 Å². The molecular formula is C56H60BrClF6N12O4S2. The molecule has 2 aliphatic rings. The number of anilines is 2. The first-order valence-corrected chi connectivity index (χ1v) is 28.6. The molecule has 2 saturated carbocycles. The Hall–Kier alpha value is -6.61. The monoisotopic (exact) mass is 1260 g/mol. The van der Waals surface area contributed by atoms with Crippen LogP contribution in [-0.2, 0) is 34.2 Å². The highest BCUT2D eigenvalue weighted by Gasteiger charge is 2.32. The van der Waals surface area contributed by atoms with Crippen LogP contribution >= 0.6 is 51.0 Å². The van der Waals surface area contributed by atoms with Crippen molar-refractivity contribution in [3.63, 3.8) is 0 Å². The molecule has 6 heterocycles. The Balaban J connectivity index is 0.000000194. The molecule has 0 spiro atoms. The Morgan fingerprint density at radius 1 is 0.659 bits per heavy atom. The van der Waals surface area contributed by atoms with Crippen molar-refractivity contribution in [1.29, 1.82) is 10.5 Å². The zero-order valence-corrected chi connectivity index (χ0v) is 49.5. The molecule has 0 amide bonds. The van der Waals surface area contributed by atoms with E-state index in [1.165, 1.54) is 33.9 Å². The molecule has 2 aromatic carbocycles. The minimum atomic E-state index is -4.27. The van der Waals surface area contributed by atoms with Crippen molar-refractivity contribution in [2.45, 2.75) is 153 Å². The number of halogens is 8. The molecule has 0 saturated heterocycles. The van der Waals surface area contributed by atoms with Gasteiger partial charge in [-0.15, -0.1) is 35.1 Å². The number of benzene rings is 2. The summed E-state index contributed by atoms with van der Waals surface area (Å²) in [5.74, 6) is 1.16. The first-order valence-electron chi connectivity index (χ1n) is 25.9. The van der Waals surface area contributed by atoms with Crippen LogP contribution in [0.2, 0.25) is 0 Å². The van der Waals surface area contributed by atoms with Gasteiger partial charge in [0, 0.05) is 56.6 Å². The van der Waals surface area contributed by atoms with Gasteiger partial charge >= 0.3 is 24.5 Å². The predicted molar refractivity (Wildman–Crippen MR) is 312 cm³/mol. The maximum atomic E-state index is 12.8. The van der Waals surface area contributed by atoms with Crippen molar-refractivity contribution in [1.82, 2.24) is 34.4 Å². The second-order valence-electron chi connectivity index (χ2n) is 21.9. The lowest BCUT2D eigenvalue weighted by atomic mass is 10.1. The van der Waals surface area contributed by atoms with E-state index in [0.29, 0.717) is 49.6 Å². The molecule has 2 aliphatic carbocycles. The summed E-state index contributed by atoms with van der Waals surface area (Å²) in [6, 6.07) is 22.8. The largest absolute Gasteiger partial charge is 0.443 e. The van der Waals surface area contributed by atoms with E-state index >= 15 is 0 Å². The molecule has 0 radical (unpaired) electrons. The van der Waals surface area contributed by atoms with Crippen molar-refractivity contribution in [2.75, 3.05) is 10.6 Å². The van der Waals surface area contributed by atoms with Crippen LogP contribution in [0.3, 0.4) is 0 Å². The number of rotatable bonds is 10. The molecule has 2 fully saturated rings. The lowest BCUT2D eigenvalue weighted by Gasteiger charge is -2.20. The average Bonchev–Trinajstić information content (AvgIpc) is 4.46. The summed E-state index contributed by atoms with van der Waals surface area (Å²) in [6.07, 6.45) is -3.31. The van der Waals surface area contributed by atoms with E-state index < -0.39 is 48.6 Å². The number of carbonyl (C=O) groups is 2. The molecule has 8 aromatic rings. The van der Waals surface area contributed by atoms with Gasteiger partial charge in [0.2, 0.25) is 0 Å². The fourth-order valence-electron chi connectivity index (χ4n) is 9.60. The van der Waals surface area contributed by atoms with Crippen molar-refractivity contribution in [2.24, 2.45) is 5.73 Å². The molecular weight excluding hydrogens is 1200 g/mol. The van der Waals surface area contributed by atoms with Crippen LogP contribution in [0.5, 0.6) is 0 Å². The van der Waals surface area contributed by atoms with E-state index in [2.05, 4.69) is 57.9 Å². The molecule has 0 unspecified atom stereocenters. The van der Waals surface area contributed by atoms with Gasteiger partial charge in [0.15, 0.2) is 0 Å². The smallest absolute Gasteiger partial charge is 0.420 e. The molecule has 4 atom stereocenters. The first-order chi connectivity index (χ1) is 38.1. The van der Waals surface area contributed by atoms with E-state index in [1.54, 1.807) is 53.7 Å². The summed E-state index contributed by atoms with van der Waals surface area (Å²) in [5.41, 5.74) is 8.48. The van der Waals surface area contributed by atoms with Gasteiger partial charge in [0.25, 0.3) is 0 Å². The van der Waals surface area contributed by atoms with Gasteiger partial charge in [-0.3, -0.25) is 0 Å². The minimum absolute atomic E-state index is 0. The predicted octanol–water partition coefficient (Wildman–Crippen LogP) is 14.2. The highest BCUT2D eigenvalue weighted by atomic mass is 79.9. The molecule has 26 heteroatoms. The fraction of sp³-hybridized carbons (Fsp3) is 0.429. The van der Waals surface area contributed by atoms with Crippen LogP contribution in [0.4, 0.5) is 47.6 Å². The summed E-state index contributed by atoms with van der Waals surface area (Å²) in [5, 5.41) is 32.7. The van der Waals surface area contributed by atoms with Crippen molar-refractivity contribution in [3.8, 4) is 12.1 Å². The number of ether oxygens (including phenoxy) is 2. The summed E-state index contributed by atoms with van der Waals surface area (Å²) in [6.45, 7) is 11.3. The third-order valence-corrected chi connectivity index (χ3v) is 15.7. The van der Waals surface area contributed by atoms with Crippen molar-refractivity contribution >= 4 is 117 Å². The quantitative estimate of drug-likeness (QED) is 0.0739.